The normalized spacial score (nSPS) is 20.3. The molecule has 22 heavy (non-hydrogen) atoms. The van der Waals surface area contributed by atoms with E-state index in [4.69, 9.17) is 14.0 Å². The Labute approximate surface area is 132 Å². The highest BCUT2D eigenvalue weighted by atomic mass is 16.7. The van der Waals surface area contributed by atoms with Crippen LogP contribution >= 0.6 is 0 Å². The first-order valence-electron chi connectivity index (χ1n) is 7.48. The summed E-state index contributed by atoms with van der Waals surface area (Å²) in [5, 5.41) is 4.30. The fourth-order valence-electron chi connectivity index (χ4n) is 2.07. The smallest absolute Gasteiger partial charge is 0.442 e. The molecule has 1 aliphatic heterocycles. The van der Waals surface area contributed by atoms with Crippen LogP contribution in [0.4, 0.5) is 4.79 Å². The molecule has 1 fully saturated rings. The zero-order chi connectivity index (χ0) is 16.9. The van der Waals surface area contributed by atoms with E-state index < -0.39 is 30.0 Å². The van der Waals surface area contributed by atoms with Crippen molar-refractivity contribution in [2.24, 2.45) is 0 Å². The number of hydrogen-bond acceptors (Lipinski definition) is 5. The molecule has 0 radical (unpaired) electrons. The second kappa shape index (κ2) is 5.10. The van der Waals surface area contributed by atoms with Gasteiger partial charge in [0.2, 0.25) is 0 Å². The Morgan fingerprint density at radius 2 is 1.73 bits per heavy atom. The molecule has 0 amide bonds. The van der Waals surface area contributed by atoms with E-state index in [1.165, 1.54) is 4.68 Å². The van der Waals surface area contributed by atoms with Crippen molar-refractivity contribution >= 4 is 18.8 Å². The van der Waals surface area contributed by atoms with E-state index in [0.717, 1.165) is 0 Å². The standard InChI is InChI=1S/C15H25BN2O4/c1-10-9-11(16-21-14(5,6)15(7,8)22-16)17-18(10)12(19)20-13(2,3)4/h9H,1-8H3. The first kappa shape index (κ1) is 17.0. The van der Waals surface area contributed by atoms with Gasteiger partial charge in [-0.15, -0.1) is 0 Å². The van der Waals surface area contributed by atoms with Crippen molar-refractivity contribution in [3.8, 4) is 0 Å². The Morgan fingerprint density at radius 3 is 2.18 bits per heavy atom. The van der Waals surface area contributed by atoms with Gasteiger partial charge in [0, 0.05) is 5.69 Å². The van der Waals surface area contributed by atoms with Crippen LogP contribution in [0.15, 0.2) is 6.07 Å². The van der Waals surface area contributed by atoms with Crippen molar-refractivity contribution in [2.75, 3.05) is 0 Å². The molecule has 2 heterocycles. The van der Waals surface area contributed by atoms with E-state index in [2.05, 4.69) is 5.10 Å². The molecule has 2 rings (SSSR count). The second-order valence-electron chi connectivity index (χ2n) is 7.69. The van der Waals surface area contributed by atoms with Gasteiger partial charge in [0.1, 0.15) is 5.60 Å². The Kier molecular flexibility index (Phi) is 3.94. The minimum atomic E-state index is -0.590. The molecule has 0 aromatic carbocycles. The van der Waals surface area contributed by atoms with E-state index in [0.29, 0.717) is 11.3 Å². The number of nitrogens with zero attached hydrogens (tertiary/aromatic N) is 2. The summed E-state index contributed by atoms with van der Waals surface area (Å²) in [4.78, 5) is 12.2. The topological polar surface area (TPSA) is 62.6 Å². The fraction of sp³-hybridized carbons (Fsp3) is 0.733. The van der Waals surface area contributed by atoms with Crippen molar-refractivity contribution in [3.63, 3.8) is 0 Å². The van der Waals surface area contributed by atoms with Crippen molar-refractivity contribution in [3.05, 3.63) is 11.8 Å². The van der Waals surface area contributed by atoms with Crippen molar-refractivity contribution < 1.29 is 18.8 Å². The summed E-state index contributed by atoms with van der Waals surface area (Å²) in [7, 11) is -0.590. The van der Waals surface area contributed by atoms with Gasteiger partial charge < -0.3 is 14.0 Å². The number of ether oxygens (including phenoxy) is 1. The molecule has 122 valence electrons. The summed E-state index contributed by atoms with van der Waals surface area (Å²) in [6.45, 7) is 15.2. The van der Waals surface area contributed by atoms with Gasteiger partial charge >= 0.3 is 13.2 Å². The fourth-order valence-corrected chi connectivity index (χ4v) is 2.07. The summed E-state index contributed by atoms with van der Waals surface area (Å²) in [5.74, 6) is 0. The lowest BCUT2D eigenvalue weighted by Crippen LogP contribution is -2.41. The molecule has 0 atom stereocenters. The number of rotatable bonds is 1. The van der Waals surface area contributed by atoms with Gasteiger partial charge in [-0.2, -0.15) is 9.78 Å². The highest BCUT2D eigenvalue weighted by molar-refractivity contribution is 6.61. The van der Waals surface area contributed by atoms with Crippen LogP contribution < -0.4 is 5.59 Å². The Balaban J connectivity index is 2.23. The highest BCUT2D eigenvalue weighted by Crippen LogP contribution is 2.36. The van der Waals surface area contributed by atoms with Crippen LogP contribution in [0.1, 0.15) is 54.2 Å². The quantitative estimate of drug-likeness (QED) is 0.745. The van der Waals surface area contributed by atoms with Crippen LogP contribution in [-0.4, -0.2) is 39.8 Å². The Bertz CT molecular complexity index is 571. The van der Waals surface area contributed by atoms with Gasteiger partial charge in [0.15, 0.2) is 0 Å². The summed E-state index contributed by atoms with van der Waals surface area (Å²) < 4.78 is 18.5. The van der Waals surface area contributed by atoms with Crippen LogP contribution in [0.2, 0.25) is 0 Å². The Morgan fingerprint density at radius 1 is 1.23 bits per heavy atom. The van der Waals surface area contributed by atoms with Gasteiger partial charge in [0.05, 0.1) is 16.8 Å². The molecule has 6 nitrogen and oxygen atoms in total. The maximum atomic E-state index is 12.2. The summed E-state index contributed by atoms with van der Waals surface area (Å²) >= 11 is 0. The SMILES string of the molecule is Cc1cc(B2OC(C)(C)C(C)(C)O2)nn1C(=O)OC(C)(C)C. The molecule has 0 aliphatic carbocycles. The molecule has 7 heteroatoms. The molecule has 0 N–H and O–H groups in total. The number of carbonyl (C=O) groups excluding carboxylic acids is 1. The van der Waals surface area contributed by atoms with Crippen molar-refractivity contribution in [2.45, 2.75) is 72.2 Å². The van der Waals surface area contributed by atoms with Gasteiger partial charge in [0.25, 0.3) is 0 Å². The van der Waals surface area contributed by atoms with Crippen LogP contribution in [-0.2, 0) is 14.0 Å². The van der Waals surface area contributed by atoms with E-state index in [-0.39, 0.29) is 0 Å². The minimum Gasteiger partial charge on any atom is -0.442 e. The number of aromatic nitrogens is 2. The lowest BCUT2D eigenvalue weighted by Gasteiger charge is -2.32. The highest BCUT2D eigenvalue weighted by Gasteiger charge is 2.52. The molecule has 0 spiro atoms. The maximum absolute atomic E-state index is 12.2. The van der Waals surface area contributed by atoms with E-state index in [1.807, 2.05) is 48.5 Å². The van der Waals surface area contributed by atoms with Crippen LogP contribution in [0.3, 0.4) is 0 Å². The van der Waals surface area contributed by atoms with E-state index in [9.17, 15) is 4.79 Å². The minimum absolute atomic E-state index is 0.443. The molecule has 0 bridgehead atoms. The third kappa shape index (κ3) is 3.20. The molecular formula is C15H25BN2O4. The molecule has 1 aliphatic rings. The number of aryl methyl sites for hydroxylation is 1. The van der Waals surface area contributed by atoms with E-state index in [1.54, 1.807) is 13.0 Å². The third-order valence-corrected chi connectivity index (χ3v) is 3.97. The first-order valence-corrected chi connectivity index (χ1v) is 7.48. The van der Waals surface area contributed by atoms with Crippen molar-refractivity contribution in [1.82, 2.24) is 9.78 Å². The summed E-state index contributed by atoms with van der Waals surface area (Å²) in [6, 6.07) is 1.78. The van der Waals surface area contributed by atoms with Crippen molar-refractivity contribution in [1.29, 1.82) is 0 Å². The predicted molar refractivity (Wildman–Crippen MR) is 84.3 cm³/mol. The van der Waals surface area contributed by atoms with Crippen LogP contribution in [0.25, 0.3) is 0 Å². The average Bonchev–Trinajstić information content (AvgIpc) is 2.75. The van der Waals surface area contributed by atoms with Gasteiger partial charge in [-0.1, -0.05) is 0 Å². The number of hydrogen-bond donors (Lipinski definition) is 0. The lowest BCUT2D eigenvalue weighted by atomic mass is 9.85. The van der Waals surface area contributed by atoms with Crippen LogP contribution in [0.5, 0.6) is 0 Å². The summed E-state index contributed by atoms with van der Waals surface area (Å²) in [5.41, 5.74) is -0.205. The first-order chi connectivity index (χ1) is 9.82. The predicted octanol–water partition coefficient (Wildman–Crippen LogP) is 2.27. The monoisotopic (exact) mass is 308 g/mol. The Hall–Kier alpha value is -1.34. The lowest BCUT2D eigenvalue weighted by molar-refractivity contribution is 0.00578. The van der Waals surface area contributed by atoms with Gasteiger partial charge in [-0.05, 0) is 61.5 Å². The largest absolute Gasteiger partial charge is 0.516 e. The maximum Gasteiger partial charge on any atom is 0.516 e. The van der Waals surface area contributed by atoms with Gasteiger partial charge in [-0.3, -0.25) is 0 Å². The third-order valence-electron chi connectivity index (χ3n) is 3.97. The van der Waals surface area contributed by atoms with Crippen LogP contribution in [0, 0.1) is 6.92 Å². The number of carbonyl (C=O) groups is 1. The molecule has 1 saturated heterocycles. The van der Waals surface area contributed by atoms with Gasteiger partial charge in [-0.25, -0.2) is 4.79 Å². The zero-order valence-electron chi connectivity index (χ0n) is 14.7. The molecule has 1 aromatic rings. The zero-order valence-corrected chi connectivity index (χ0v) is 14.7. The molecule has 0 saturated carbocycles. The molecule has 0 unspecified atom stereocenters. The van der Waals surface area contributed by atoms with E-state index >= 15 is 0 Å². The second-order valence-corrected chi connectivity index (χ2v) is 7.69. The average molecular weight is 308 g/mol. The molecule has 1 aromatic heterocycles. The summed E-state index contributed by atoms with van der Waals surface area (Å²) in [6.07, 6.45) is -0.507. The molecular weight excluding hydrogens is 283 g/mol.